The zero-order chi connectivity index (χ0) is 24.3. The molecule has 1 saturated carbocycles. The normalized spacial score (nSPS) is 20.5. The van der Waals surface area contributed by atoms with Gasteiger partial charge in [0.1, 0.15) is 5.60 Å². The van der Waals surface area contributed by atoms with E-state index in [1.165, 1.54) is 17.8 Å². The lowest BCUT2D eigenvalue weighted by Crippen LogP contribution is -2.52. The van der Waals surface area contributed by atoms with E-state index in [1.54, 1.807) is 6.08 Å². The topological polar surface area (TPSA) is 110 Å². The molecule has 0 saturated heterocycles. The number of pyridine rings is 1. The molecule has 4 rings (SSSR count). The molecule has 8 heteroatoms. The molecule has 3 N–H and O–H groups in total. The molecule has 2 aromatic heterocycles. The Kier molecular flexibility index (Phi) is 7.09. The van der Waals surface area contributed by atoms with E-state index in [0.717, 1.165) is 37.7 Å². The molecule has 0 aromatic carbocycles. The van der Waals surface area contributed by atoms with Crippen molar-refractivity contribution in [3.63, 3.8) is 0 Å². The van der Waals surface area contributed by atoms with Crippen molar-refractivity contribution in [1.29, 1.82) is 0 Å². The zero-order valence-corrected chi connectivity index (χ0v) is 20.3. The van der Waals surface area contributed by atoms with Crippen LogP contribution in [0.2, 0.25) is 0 Å². The molecule has 1 aliphatic heterocycles. The number of aromatic nitrogens is 2. The van der Waals surface area contributed by atoms with Crippen LogP contribution in [0.4, 0.5) is 0 Å². The first-order valence-corrected chi connectivity index (χ1v) is 12.1. The number of amides is 1. The highest BCUT2D eigenvalue weighted by Crippen LogP contribution is 2.48. The molecule has 8 nitrogen and oxygen atoms in total. The molecule has 2 aliphatic rings. The molecule has 34 heavy (non-hydrogen) atoms. The second-order valence-corrected chi connectivity index (χ2v) is 10.8. The largest absolute Gasteiger partial charge is 0.471 e. The Labute approximate surface area is 201 Å². The standard InChI is InChI=1S/C26H36N4O4/c1-5-7-19(30-23(32)22-8-11-29-34-22)21(31)16-27-20-14-26(9-6-10-26)33-24-18(20)12-17(15-28-24)13-25(2,3)4/h5,8,11-12,15,19-21,27,31H,1,6-7,9-10,13-14,16H2,2-4H3,(H,30,32)/t19-,20-,21+/m0/s1. The molecule has 3 heterocycles. The number of carbonyl (C=O) groups is 1. The summed E-state index contributed by atoms with van der Waals surface area (Å²) >= 11 is 0. The van der Waals surface area contributed by atoms with Crippen LogP contribution >= 0.6 is 0 Å². The summed E-state index contributed by atoms with van der Waals surface area (Å²) in [4.78, 5) is 17.1. The third-order valence-corrected chi connectivity index (χ3v) is 6.64. The molecule has 1 spiro atoms. The summed E-state index contributed by atoms with van der Waals surface area (Å²) < 4.78 is 11.3. The minimum atomic E-state index is -0.820. The number of hydrogen-bond donors (Lipinski definition) is 3. The zero-order valence-electron chi connectivity index (χ0n) is 20.3. The van der Waals surface area contributed by atoms with E-state index in [9.17, 15) is 9.90 Å². The molecule has 1 aliphatic carbocycles. The van der Waals surface area contributed by atoms with Crippen LogP contribution in [-0.4, -0.2) is 45.4 Å². The van der Waals surface area contributed by atoms with Crippen LogP contribution in [0.5, 0.6) is 5.88 Å². The van der Waals surface area contributed by atoms with Gasteiger partial charge in [0.05, 0.1) is 18.3 Å². The maximum absolute atomic E-state index is 12.4. The fourth-order valence-electron chi connectivity index (χ4n) is 4.82. The number of ether oxygens (including phenoxy) is 1. The molecule has 0 bridgehead atoms. The predicted molar refractivity (Wildman–Crippen MR) is 129 cm³/mol. The van der Waals surface area contributed by atoms with Crippen molar-refractivity contribution in [2.24, 2.45) is 5.41 Å². The number of rotatable bonds is 9. The molecule has 3 atom stereocenters. The van der Waals surface area contributed by atoms with Gasteiger partial charge in [-0.05, 0) is 49.1 Å². The molecule has 1 fully saturated rings. The Hall–Kier alpha value is -2.71. The Morgan fingerprint density at radius 2 is 2.21 bits per heavy atom. The van der Waals surface area contributed by atoms with Crippen LogP contribution in [0.25, 0.3) is 0 Å². The number of fused-ring (bicyclic) bond motifs is 1. The quantitative estimate of drug-likeness (QED) is 0.481. The van der Waals surface area contributed by atoms with Crippen molar-refractivity contribution < 1.29 is 19.2 Å². The van der Waals surface area contributed by atoms with Gasteiger partial charge < -0.3 is 25.0 Å². The number of nitrogens with zero attached hydrogens (tertiary/aromatic N) is 2. The van der Waals surface area contributed by atoms with Gasteiger partial charge in [-0.1, -0.05) is 32.0 Å². The van der Waals surface area contributed by atoms with Gasteiger partial charge in [-0.3, -0.25) is 4.79 Å². The minimum Gasteiger partial charge on any atom is -0.471 e. The Morgan fingerprint density at radius 1 is 1.41 bits per heavy atom. The lowest BCUT2D eigenvalue weighted by Gasteiger charge is -2.47. The maximum atomic E-state index is 12.4. The Balaban J connectivity index is 1.47. The second-order valence-electron chi connectivity index (χ2n) is 10.8. The Bertz CT molecular complexity index is 995. The monoisotopic (exact) mass is 468 g/mol. The van der Waals surface area contributed by atoms with E-state index in [-0.39, 0.29) is 22.8 Å². The number of hydrogen-bond acceptors (Lipinski definition) is 7. The molecular weight excluding hydrogens is 432 g/mol. The second kappa shape index (κ2) is 9.88. The molecule has 184 valence electrons. The van der Waals surface area contributed by atoms with Gasteiger partial charge in [-0.2, -0.15) is 0 Å². The van der Waals surface area contributed by atoms with Crippen LogP contribution in [0.1, 0.15) is 80.6 Å². The first-order valence-electron chi connectivity index (χ1n) is 12.1. The van der Waals surface area contributed by atoms with Gasteiger partial charge in [0.2, 0.25) is 11.6 Å². The predicted octanol–water partition coefficient (Wildman–Crippen LogP) is 3.73. The van der Waals surface area contributed by atoms with Crippen molar-refractivity contribution in [2.75, 3.05) is 6.54 Å². The van der Waals surface area contributed by atoms with E-state index in [1.807, 2.05) is 6.20 Å². The first kappa shape index (κ1) is 24.4. The van der Waals surface area contributed by atoms with E-state index < -0.39 is 18.1 Å². The first-order chi connectivity index (χ1) is 16.2. The van der Waals surface area contributed by atoms with Crippen LogP contribution < -0.4 is 15.4 Å². The summed E-state index contributed by atoms with van der Waals surface area (Å²) in [6.07, 6.45) is 9.57. The third kappa shape index (κ3) is 5.67. The summed E-state index contributed by atoms with van der Waals surface area (Å²) in [5.74, 6) is 0.387. The third-order valence-electron chi connectivity index (χ3n) is 6.64. The fraction of sp³-hybridized carbons (Fsp3) is 0.577. The SMILES string of the molecule is C=CC[C@H](NC(=O)c1ccno1)[C@H](O)CN[C@H]1CC2(CCC2)Oc2ncc(CC(C)(C)C)cc21. The van der Waals surface area contributed by atoms with Gasteiger partial charge in [-0.15, -0.1) is 6.58 Å². The van der Waals surface area contributed by atoms with Gasteiger partial charge in [0.15, 0.2) is 0 Å². The van der Waals surface area contributed by atoms with Crippen molar-refractivity contribution in [2.45, 2.75) is 83.1 Å². The van der Waals surface area contributed by atoms with Gasteiger partial charge in [0.25, 0.3) is 5.91 Å². The van der Waals surface area contributed by atoms with E-state index >= 15 is 0 Å². The number of aliphatic hydroxyl groups is 1. The highest BCUT2D eigenvalue weighted by molar-refractivity contribution is 5.91. The molecule has 0 radical (unpaired) electrons. The number of aliphatic hydroxyl groups excluding tert-OH is 1. The van der Waals surface area contributed by atoms with Crippen LogP contribution in [0.15, 0.2) is 41.7 Å². The van der Waals surface area contributed by atoms with Crippen LogP contribution in [0, 0.1) is 5.41 Å². The Morgan fingerprint density at radius 3 is 2.82 bits per heavy atom. The highest BCUT2D eigenvalue weighted by atomic mass is 16.5. The summed E-state index contributed by atoms with van der Waals surface area (Å²) in [6, 6.07) is 3.19. The summed E-state index contributed by atoms with van der Waals surface area (Å²) in [5.41, 5.74) is 2.20. The summed E-state index contributed by atoms with van der Waals surface area (Å²) in [5, 5.41) is 20.9. The molecule has 1 amide bonds. The van der Waals surface area contributed by atoms with Crippen LogP contribution in [-0.2, 0) is 6.42 Å². The van der Waals surface area contributed by atoms with Crippen LogP contribution in [0.3, 0.4) is 0 Å². The van der Waals surface area contributed by atoms with Gasteiger partial charge in [0, 0.05) is 36.8 Å². The van der Waals surface area contributed by atoms with E-state index in [4.69, 9.17) is 9.26 Å². The fourth-order valence-corrected chi connectivity index (χ4v) is 4.82. The summed E-state index contributed by atoms with van der Waals surface area (Å²) in [7, 11) is 0. The average molecular weight is 469 g/mol. The lowest BCUT2D eigenvalue weighted by molar-refractivity contribution is -0.0420. The lowest BCUT2D eigenvalue weighted by atomic mass is 9.73. The maximum Gasteiger partial charge on any atom is 0.290 e. The van der Waals surface area contributed by atoms with Gasteiger partial charge >= 0.3 is 0 Å². The molecule has 2 aromatic rings. The van der Waals surface area contributed by atoms with Crippen molar-refractivity contribution in [3.8, 4) is 5.88 Å². The minimum absolute atomic E-state index is 0.0143. The average Bonchev–Trinajstić information content (AvgIpc) is 3.30. The van der Waals surface area contributed by atoms with E-state index in [2.05, 4.69) is 54.2 Å². The van der Waals surface area contributed by atoms with Gasteiger partial charge in [-0.25, -0.2) is 4.98 Å². The van der Waals surface area contributed by atoms with Crippen molar-refractivity contribution >= 4 is 5.91 Å². The molecule has 0 unspecified atom stereocenters. The van der Waals surface area contributed by atoms with E-state index in [0.29, 0.717) is 18.8 Å². The summed E-state index contributed by atoms with van der Waals surface area (Å²) in [6.45, 7) is 10.7. The smallest absolute Gasteiger partial charge is 0.290 e. The van der Waals surface area contributed by atoms with Crippen molar-refractivity contribution in [1.82, 2.24) is 20.8 Å². The number of nitrogens with one attached hydrogen (secondary N) is 2. The highest BCUT2D eigenvalue weighted by Gasteiger charge is 2.46. The van der Waals surface area contributed by atoms with Crippen molar-refractivity contribution in [3.05, 3.63) is 54.1 Å². The molecular formula is C26H36N4O4. The number of carbonyl (C=O) groups excluding carboxylic acids is 1.